The minimum atomic E-state index is -1.26. The zero-order chi connectivity index (χ0) is 21.8. The number of nitrogens with zero attached hydrogens (tertiary/aromatic N) is 3. The lowest BCUT2D eigenvalue weighted by Crippen LogP contribution is -2.34. The topological polar surface area (TPSA) is 195 Å². The average Bonchev–Trinajstić information content (AvgIpc) is 2.73. The van der Waals surface area contributed by atoms with Gasteiger partial charge in [-0.3, -0.25) is 20.3 Å². The van der Waals surface area contributed by atoms with E-state index in [1.165, 1.54) is 25.3 Å². The lowest BCUT2D eigenvalue weighted by Gasteiger charge is -2.22. The molecule has 2 aromatic carbocycles. The van der Waals surface area contributed by atoms with Crippen LogP contribution in [0.2, 0.25) is 0 Å². The Morgan fingerprint density at radius 2 is 2.00 bits per heavy atom. The molecule has 3 rings (SSSR count). The Morgan fingerprint density at radius 1 is 1.30 bits per heavy atom. The SMILES string of the molecule is COc1ccc([C@H](O)[C@H](NN=C(N)N)c2nc3ccc([N+](=O)[O-])cc3[nH]c2=O)cc1. The zero-order valence-electron chi connectivity index (χ0n) is 15.8. The summed E-state index contributed by atoms with van der Waals surface area (Å²) < 4.78 is 5.10. The van der Waals surface area contributed by atoms with Crippen molar-refractivity contribution in [3.63, 3.8) is 0 Å². The van der Waals surface area contributed by atoms with Crippen molar-refractivity contribution in [2.75, 3.05) is 7.11 Å². The number of nitrogens with two attached hydrogens (primary N) is 2. The molecular weight excluding hydrogens is 394 g/mol. The number of H-pyrrole nitrogens is 1. The maximum atomic E-state index is 12.7. The zero-order valence-corrected chi connectivity index (χ0v) is 15.8. The van der Waals surface area contributed by atoms with E-state index in [0.29, 0.717) is 11.3 Å². The number of nitro benzene ring substituents is 1. The van der Waals surface area contributed by atoms with Gasteiger partial charge in [-0.2, -0.15) is 0 Å². The van der Waals surface area contributed by atoms with Gasteiger partial charge in [0, 0.05) is 12.1 Å². The fourth-order valence-electron chi connectivity index (χ4n) is 2.83. The monoisotopic (exact) mass is 413 g/mol. The number of guanidine groups is 1. The Hall–Kier alpha value is -4.19. The van der Waals surface area contributed by atoms with Gasteiger partial charge in [-0.05, 0) is 23.8 Å². The van der Waals surface area contributed by atoms with Crippen molar-refractivity contribution in [3.05, 3.63) is 74.2 Å². The van der Waals surface area contributed by atoms with Gasteiger partial charge < -0.3 is 26.3 Å². The highest BCUT2D eigenvalue weighted by Crippen LogP contribution is 2.28. The van der Waals surface area contributed by atoms with E-state index < -0.39 is 22.6 Å². The molecule has 0 aliphatic heterocycles. The molecule has 30 heavy (non-hydrogen) atoms. The van der Waals surface area contributed by atoms with Crippen molar-refractivity contribution in [1.82, 2.24) is 15.4 Å². The molecule has 0 spiro atoms. The molecule has 2 atom stereocenters. The van der Waals surface area contributed by atoms with Crippen LogP contribution >= 0.6 is 0 Å². The van der Waals surface area contributed by atoms with Gasteiger partial charge >= 0.3 is 0 Å². The molecule has 12 nitrogen and oxygen atoms in total. The van der Waals surface area contributed by atoms with E-state index in [1.54, 1.807) is 24.3 Å². The average molecular weight is 413 g/mol. The number of nitro groups is 1. The van der Waals surface area contributed by atoms with E-state index in [9.17, 15) is 20.0 Å². The smallest absolute Gasteiger partial charge is 0.272 e. The summed E-state index contributed by atoms with van der Waals surface area (Å²) in [6.45, 7) is 0. The number of hydrogen-bond donors (Lipinski definition) is 5. The van der Waals surface area contributed by atoms with Gasteiger partial charge in [-0.15, -0.1) is 5.10 Å². The highest BCUT2D eigenvalue weighted by atomic mass is 16.6. The highest BCUT2D eigenvalue weighted by Gasteiger charge is 2.27. The normalized spacial score (nSPS) is 12.7. The second-order valence-corrected chi connectivity index (χ2v) is 6.27. The fraction of sp³-hybridized carbons (Fsp3) is 0.167. The molecule has 0 saturated carbocycles. The first-order valence-electron chi connectivity index (χ1n) is 8.64. The molecule has 0 saturated heterocycles. The number of aliphatic hydroxyl groups is 1. The summed E-state index contributed by atoms with van der Waals surface area (Å²) >= 11 is 0. The summed E-state index contributed by atoms with van der Waals surface area (Å²) in [6, 6.07) is 9.26. The summed E-state index contributed by atoms with van der Waals surface area (Å²) in [7, 11) is 1.51. The number of rotatable bonds is 7. The van der Waals surface area contributed by atoms with Gasteiger partial charge in [0.25, 0.3) is 11.2 Å². The van der Waals surface area contributed by atoms with Gasteiger partial charge in [0.05, 0.1) is 23.1 Å². The molecule has 0 fully saturated rings. The Balaban J connectivity index is 2.08. The Labute approximate surface area is 169 Å². The second-order valence-electron chi connectivity index (χ2n) is 6.27. The van der Waals surface area contributed by atoms with Crippen LogP contribution in [0.25, 0.3) is 11.0 Å². The Morgan fingerprint density at radius 3 is 2.60 bits per heavy atom. The lowest BCUT2D eigenvalue weighted by molar-refractivity contribution is -0.384. The summed E-state index contributed by atoms with van der Waals surface area (Å²) in [5.41, 5.74) is 13.2. The molecule has 7 N–H and O–H groups in total. The molecule has 1 heterocycles. The van der Waals surface area contributed by atoms with Gasteiger partial charge in [0.2, 0.25) is 5.96 Å². The van der Waals surface area contributed by atoms with Crippen LogP contribution in [0, 0.1) is 10.1 Å². The molecule has 0 aliphatic carbocycles. The van der Waals surface area contributed by atoms with Gasteiger partial charge in [0.15, 0.2) is 0 Å². The Bertz CT molecular complexity index is 1160. The number of nitrogens with one attached hydrogen (secondary N) is 2. The third kappa shape index (κ3) is 4.28. The number of aliphatic hydroxyl groups excluding tert-OH is 1. The van der Waals surface area contributed by atoms with Crippen molar-refractivity contribution in [2.45, 2.75) is 12.1 Å². The third-order valence-electron chi connectivity index (χ3n) is 4.31. The predicted molar refractivity (Wildman–Crippen MR) is 109 cm³/mol. The fourth-order valence-corrected chi connectivity index (χ4v) is 2.83. The van der Waals surface area contributed by atoms with Crippen LogP contribution in [0.5, 0.6) is 5.75 Å². The number of hydrogen-bond acceptors (Lipinski definition) is 8. The number of ether oxygens (including phenoxy) is 1. The van der Waals surface area contributed by atoms with Crippen molar-refractivity contribution in [2.24, 2.45) is 16.6 Å². The van der Waals surface area contributed by atoms with E-state index >= 15 is 0 Å². The van der Waals surface area contributed by atoms with Gasteiger partial charge in [0.1, 0.15) is 23.6 Å². The van der Waals surface area contributed by atoms with E-state index in [4.69, 9.17) is 16.2 Å². The summed E-state index contributed by atoms with van der Waals surface area (Å²) in [6.07, 6.45) is -1.26. The molecular formula is C18H19N7O5. The van der Waals surface area contributed by atoms with Crippen LogP contribution in [0.1, 0.15) is 23.4 Å². The number of benzene rings is 2. The molecule has 3 aromatic rings. The first-order valence-corrected chi connectivity index (χ1v) is 8.64. The minimum Gasteiger partial charge on any atom is -0.497 e. The highest BCUT2D eigenvalue weighted by molar-refractivity contribution is 5.77. The number of non-ortho nitro benzene ring substituents is 1. The van der Waals surface area contributed by atoms with Gasteiger partial charge in [-0.25, -0.2) is 4.98 Å². The molecule has 0 unspecified atom stereocenters. The minimum absolute atomic E-state index is 0.107. The lowest BCUT2D eigenvalue weighted by atomic mass is 10.00. The first-order chi connectivity index (χ1) is 14.3. The summed E-state index contributed by atoms with van der Waals surface area (Å²) in [5, 5.41) is 25.5. The quantitative estimate of drug-likeness (QED) is 0.157. The third-order valence-corrected chi connectivity index (χ3v) is 4.31. The maximum absolute atomic E-state index is 12.7. The summed E-state index contributed by atoms with van der Waals surface area (Å²) in [5.74, 6) is 0.276. The number of hydrazone groups is 1. The number of aromatic amines is 1. The molecule has 0 amide bonds. The van der Waals surface area contributed by atoms with E-state index in [-0.39, 0.29) is 28.4 Å². The van der Waals surface area contributed by atoms with Crippen LogP contribution < -0.4 is 27.2 Å². The second kappa shape index (κ2) is 8.45. The van der Waals surface area contributed by atoms with Crippen LogP contribution in [0.3, 0.4) is 0 Å². The molecule has 0 bridgehead atoms. The van der Waals surface area contributed by atoms with E-state index in [0.717, 1.165) is 0 Å². The van der Waals surface area contributed by atoms with Crippen molar-refractivity contribution >= 4 is 22.7 Å². The van der Waals surface area contributed by atoms with Crippen molar-refractivity contribution < 1.29 is 14.8 Å². The van der Waals surface area contributed by atoms with Crippen LogP contribution in [0.15, 0.2) is 52.4 Å². The molecule has 12 heteroatoms. The number of methoxy groups -OCH3 is 1. The first kappa shape index (κ1) is 20.5. The Kier molecular flexibility index (Phi) is 5.78. The maximum Gasteiger partial charge on any atom is 0.272 e. The van der Waals surface area contributed by atoms with E-state index in [1.807, 2.05) is 0 Å². The van der Waals surface area contributed by atoms with Crippen LogP contribution in [-0.2, 0) is 0 Å². The van der Waals surface area contributed by atoms with Crippen molar-refractivity contribution in [3.8, 4) is 5.75 Å². The standard InChI is InChI=1S/C18H19N7O5/c1-30-11-5-2-9(3-6-11)16(26)14(23-24-18(19)20)15-17(27)22-13-8-10(25(28)29)4-7-12(13)21-15/h2-8,14,16,23,26H,1H3,(H,22,27)(H4,19,20,24)/t14-,16+/m1/s1. The van der Waals surface area contributed by atoms with E-state index in [2.05, 4.69) is 20.5 Å². The molecule has 1 aromatic heterocycles. The van der Waals surface area contributed by atoms with Crippen molar-refractivity contribution in [1.29, 1.82) is 0 Å². The number of fused-ring (bicyclic) bond motifs is 1. The van der Waals surface area contributed by atoms with Crippen LogP contribution in [-0.4, -0.2) is 33.1 Å². The van der Waals surface area contributed by atoms with Gasteiger partial charge in [-0.1, -0.05) is 12.1 Å². The summed E-state index contributed by atoms with van der Waals surface area (Å²) in [4.78, 5) is 29.8. The molecule has 156 valence electrons. The predicted octanol–water partition coefficient (Wildman–Crippen LogP) is 0.393. The van der Waals surface area contributed by atoms with Crippen LogP contribution in [0.4, 0.5) is 5.69 Å². The number of aromatic nitrogens is 2. The molecule has 0 radical (unpaired) electrons. The molecule has 0 aliphatic rings. The largest absolute Gasteiger partial charge is 0.497 e.